The molecule has 2 N–H and O–H groups in total. The number of fused-ring (bicyclic) bond motifs is 1. The van der Waals surface area contributed by atoms with Crippen molar-refractivity contribution in [1.29, 1.82) is 0 Å². The Kier molecular flexibility index (Phi) is 4.36. The second-order valence-corrected chi connectivity index (χ2v) is 6.34. The Hall–Kier alpha value is -1.26. The molecule has 0 radical (unpaired) electrons. The molecule has 0 spiro atoms. The van der Waals surface area contributed by atoms with Crippen LogP contribution in [0.25, 0.3) is 0 Å². The quantitative estimate of drug-likeness (QED) is 0.901. The van der Waals surface area contributed by atoms with E-state index in [0.717, 1.165) is 37.0 Å². The summed E-state index contributed by atoms with van der Waals surface area (Å²) in [5.41, 5.74) is 0.977. The first-order valence-corrected chi connectivity index (χ1v) is 7.91. The Labute approximate surface area is 129 Å². The molecule has 0 saturated heterocycles. The normalized spacial score (nSPS) is 27.8. The number of carbonyl (C=O) groups excluding carboxylic acids is 1. The molecule has 1 heterocycles. The lowest BCUT2D eigenvalue weighted by Gasteiger charge is -2.31. The highest BCUT2D eigenvalue weighted by atomic mass is 35.5. The molecule has 1 aliphatic carbocycles. The summed E-state index contributed by atoms with van der Waals surface area (Å²) in [6.45, 7) is 0.131. The molecular weight excluding hydrogens is 290 g/mol. The molecule has 1 aliphatic heterocycles. The maximum atomic E-state index is 12.4. The number of hydrogen-bond acceptors (Lipinski definition) is 3. The van der Waals surface area contributed by atoms with Gasteiger partial charge in [-0.2, -0.15) is 0 Å². The summed E-state index contributed by atoms with van der Waals surface area (Å²) in [6, 6.07) is 5.49. The lowest BCUT2D eigenvalue weighted by Crippen LogP contribution is -2.48. The van der Waals surface area contributed by atoms with Crippen molar-refractivity contribution in [1.82, 2.24) is 5.32 Å². The SMILES string of the molecule is O=C(NC1CCCCC1CO)C1Cc2cc(Cl)ccc2O1. The third-order valence-corrected chi connectivity index (χ3v) is 4.70. The van der Waals surface area contributed by atoms with E-state index in [1.807, 2.05) is 12.1 Å². The van der Waals surface area contributed by atoms with Gasteiger partial charge in [-0.05, 0) is 36.6 Å². The van der Waals surface area contributed by atoms with Gasteiger partial charge >= 0.3 is 0 Å². The summed E-state index contributed by atoms with van der Waals surface area (Å²) in [5, 5.41) is 13.1. The van der Waals surface area contributed by atoms with Crippen molar-refractivity contribution >= 4 is 17.5 Å². The van der Waals surface area contributed by atoms with Gasteiger partial charge in [0, 0.05) is 30.0 Å². The number of rotatable bonds is 3. The molecule has 114 valence electrons. The van der Waals surface area contributed by atoms with Crippen molar-refractivity contribution in [3.05, 3.63) is 28.8 Å². The number of hydrogen-bond donors (Lipinski definition) is 2. The van der Waals surface area contributed by atoms with Crippen LogP contribution < -0.4 is 10.1 Å². The minimum Gasteiger partial charge on any atom is -0.480 e. The van der Waals surface area contributed by atoms with Crippen LogP contribution in [0.5, 0.6) is 5.75 Å². The number of benzene rings is 1. The molecule has 2 aliphatic rings. The zero-order valence-corrected chi connectivity index (χ0v) is 12.6. The Morgan fingerprint density at radius 1 is 1.38 bits per heavy atom. The smallest absolute Gasteiger partial charge is 0.261 e. The van der Waals surface area contributed by atoms with E-state index in [0.29, 0.717) is 11.4 Å². The summed E-state index contributed by atoms with van der Waals surface area (Å²) >= 11 is 5.96. The van der Waals surface area contributed by atoms with Gasteiger partial charge in [0.05, 0.1) is 0 Å². The van der Waals surface area contributed by atoms with Gasteiger partial charge in [0.25, 0.3) is 5.91 Å². The van der Waals surface area contributed by atoms with E-state index < -0.39 is 6.10 Å². The molecule has 1 saturated carbocycles. The summed E-state index contributed by atoms with van der Waals surface area (Å²) < 4.78 is 5.70. The lowest BCUT2D eigenvalue weighted by molar-refractivity contribution is -0.128. The summed E-state index contributed by atoms with van der Waals surface area (Å²) in [5.74, 6) is 0.815. The number of aliphatic hydroxyl groups excluding tert-OH is 1. The highest BCUT2D eigenvalue weighted by Crippen LogP contribution is 2.31. The van der Waals surface area contributed by atoms with E-state index in [4.69, 9.17) is 16.3 Å². The molecule has 21 heavy (non-hydrogen) atoms. The third-order valence-electron chi connectivity index (χ3n) is 4.46. The molecule has 1 amide bonds. The minimum atomic E-state index is -0.486. The number of aliphatic hydroxyl groups is 1. The highest BCUT2D eigenvalue weighted by molar-refractivity contribution is 6.30. The van der Waals surface area contributed by atoms with Crippen LogP contribution in [0.4, 0.5) is 0 Å². The van der Waals surface area contributed by atoms with E-state index in [1.54, 1.807) is 6.07 Å². The van der Waals surface area contributed by atoms with Gasteiger partial charge in [-0.25, -0.2) is 0 Å². The van der Waals surface area contributed by atoms with Crippen LogP contribution in [0.3, 0.4) is 0 Å². The Morgan fingerprint density at radius 2 is 2.19 bits per heavy atom. The fraction of sp³-hybridized carbons (Fsp3) is 0.562. The second kappa shape index (κ2) is 6.24. The maximum Gasteiger partial charge on any atom is 0.261 e. The molecule has 3 atom stereocenters. The van der Waals surface area contributed by atoms with E-state index in [-0.39, 0.29) is 24.5 Å². The van der Waals surface area contributed by atoms with Crippen molar-refractivity contribution in [2.24, 2.45) is 5.92 Å². The number of amides is 1. The zero-order valence-electron chi connectivity index (χ0n) is 11.8. The molecule has 5 heteroatoms. The number of ether oxygens (including phenoxy) is 1. The molecule has 1 aromatic carbocycles. The topological polar surface area (TPSA) is 58.6 Å². The predicted molar refractivity (Wildman–Crippen MR) is 80.5 cm³/mol. The van der Waals surface area contributed by atoms with Crippen LogP contribution in [-0.4, -0.2) is 29.8 Å². The van der Waals surface area contributed by atoms with Gasteiger partial charge in [0.15, 0.2) is 6.10 Å². The summed E-state index contributed by atoms with van der Waals surface area (Å²) in [4.78, 5) is 12.4. The fourth-order valence-corrected chi connectivity index (χ4v) is 3.45. The van der Waals surface area contributed by atoms with Gasteiger partial charge in [0.1, 0.15) is 5.75 Å². The van der Waals surface area contributed by atoms with Crippen LogP contribution >= 0.6 is 11.6 Å². The lowest BCUT2D eigenvalue weighted by atomic mass is 9.85. The standard InChI is InChI=1S/C16H20ClNO3/c17-12-5-6-14-11(7-12)8-15(21-14)16(20)18-13-4-2-1-3-10(13)9-19/h5-7,10,13,15,19H,1-4,8-9H2,(H,18,20). The number of carbonyl (C=O) groups is 1. The van der Waals surface area contributed by atoms with Gasteiger partial charge < -0.3 is 15.2 Å². The van der Waals surface area contributed by atoms with E-state index in [1.165, 1.54) is 0 Å². The average molecular weight is 310 g/mol. The minimum absolute atomic E-state index is 0.0622. The van der Waals surface area contributed by atoms with E-state index >= 15 is 0 Å². The van der Waals surface area contributed by atoms with Gasteiger partial charge in [0.2, 0.25) is 0 Å². The Balaban J connectivity index is 1.62. The fourth-order valence-electron chi connectivity index (χ4n) is 3.26. The monoisotopic (exact) mass is 309 g/mol. The van der Waals surface area contributed by atoms with Crippen LogP contribution in [0.2, 0.25) is 5.02 Å². The molecule has 3 unspecified atom stereocenters. The third kappa shape index (κ3) is 3.16. The molecule has 4 nitrogen and oxygen atoms in total. The van der Waals surface area contributed by atoms with Crippen LogP contribution in [-0.2, 0) is 11.2 Å². The van der Waals surface area contributed by atoms with Crippen molar-refractivity contribution in [2.45, 2.75) is 44.2 Å². The molecule has 0 bridgehead atoms. The zero-order chi connectivity index (χ0) is 14.8. The maximum absolute atomic E-state index is 12.4. The Morgan fingerprint density at radius 3 is 3.00 bits per heavy atom. The van der Waals surface area contributed by atoms with Gasteiger partial charge in [-0.3, -0.25) is 4.79 Å². The summed E-state index contributed by atoms with van der Waals surface area (Å²) in [7, 11) is 0. The Bertz CT molecular complexity index is 534. The van der Waals surface area contributed by atoms with Crippen LogP contribution in [0, 0.1) is 5.92 Å². The van der Waals surface area contributed by atoms with Crippen molar-refractivity contribution in [3.63, 3.8) is 0 Å². The first-order chi connectivity index (χ1) is 10.2. The highest BCUT2D eigenvalue weighted by Gasteiger charge is 2.33. The van der Waals surface area contributed by atoms with Gasteiger partial charge in [-0.1, -0.05) is 24.4 Å². The summed E-state index contributed by atoms with van der Waals surface area (Å²) in [6.07, 6.45) is 4.20. The van der Waals surface area contributed by atoms with Crippen LogP contribution in [0.1, 0.15) is 31.2 Å². The average Bonchev–Trinajstić information content (AvgIpc) is 2.91. The largest absolute Gasteiger partial charge is 0.480 e. The first-order valence-electron chi connectivity index (χ1n) is 7.53. The number of nitrogens with one attached hydrogen (secondary N) is 1. The molecule has 0 aromatic heterocycles. The predicted octanol–water partition coefficient (Wildman–Crippen LogP) is 2.31. The molecule has 1 aromatic rings. The van der Waals surface area contributed by atoms with E-state index in [2.05, 4.69) is 5.32 Å². The van der Waals surface area contributed by atoms with E-state index in [9.17, 15) is 9.90 Å². The van der Waals surface area contributed by atoms with Crippen LogP contribution in [0.15, 0.2) is 18.2 Å². The van der Waals surface area contributed by atoms with Gasteiger partial charge in [-0.15, -0.1) is 0 Å². The van der Waals surface area contributed by atoms with Crippen molar-refractivity contribution in [2.75, 3.05) is 6.61 Å². The number of halogens is 1. The molecule has 3 rings (SSSR count). The van der Waals surface area contributed by atoms with Crippen molar-refractivity contribution < 1.29 is 14.6 Å². The first kappa shape index (κ1) is 14.7. The molecule has 1 fully saturated rings. The molecular formula is C16H20ClNO3. The second-order valence-electron chi connectivity index (χ2n) is 5.90. The van der Waals surface area contributed by atoms with Crippen molar-refractivity contribution in [3.8, 4) is 5.75 Å².